The first-order chi connectivity index (χ1) is 49.2. The number of aliphatic hydroxyl groups is 1. The number of hydrogen-bond acceptors (Lipinski definition) is 16. The largest absolute Gasteiger partial charge is 0.501 e. The number of rotatable bonds is 28. The second-order valence-electron chi connectivity index (χ2n) is 29.8. The first-order valence-corrected chi connectivity index (χ1v) is 40.9. The number of sulfonamides is 1. The highest BCUT2D eigenvalue weighted by Crippen LogP contribution is 2.44. The van der Waals surface area contributed by atoms with Crippen LogP contribution in [0.5, 0.6) is 0 Å². The van der Waals surface area contributed by atoms with Gasteiger partial charge in [-0.1, -0.05) is 120 Å². The lowest BCUT2D eigenvalue weighted by atomic mass is 9.72. The maximum absolute atomic E-state index is 15.2. The van der Waals surface area contributed by atoms with Gasteiger partial charge in [-0.15, -0.1) is 23.1 Å². The van der Waals surface area contributed by atoms with Crippen LogP contribution in [-0.4, -0.2) is 172 Å². The summed E-state index contributed by atoms with van der Waals surface area (Å²) >= 11 is 9.06. The predicted molar refractivity (Wildman–Crippen MR) is 403 cm³/mol. The van der Waals surface area contributed by atoms with Crippen LogP contribution in [0.25, 0.3) is 16.0 Å². The molecule has 5 atom stereocenters. The van der Waals surface area contributed by atoms with Crippen molar-refractivity contribution in [1.29, 1.82) is 0 Å². The van der Waals surface area contributed by atoms with Gasteiger partial charge < -0.3 is 30.4 Å². The number of sulfone groups is 1. The minimum atomic E-state index is -6.18. The normalized spacial score (nSPS) is 18.8. The van der Waals surface area contributed by atoms with Crippen molar-refractivity contribution in [2.24, 2.45) is 16.7 Å². The number of β-amino-alcohol motifs (C(OH)–C–C–N with tert-alkyl or cyclic N) is 1. The molecule has 3 saturated heterocycles. The number of aromatic nitrogens is 1. The zero-order valence-electron chi connectivity index (χ0n) is 60.1. The van der Waals surface area contributed by atoms with E-state index in [1.165, 1.54) is 35.5 Å². The molecule has 5 aromatic carbocycles. The van der Waals surface area contributed by atoms with Gasteiger partial charge >= 0.3 is 5.51 Å². The summed E-state index contributed by atoms with van der Waals surface area (Å²) < 4.78 is 116. The van der Waals surface area contributed by atoms with Gasteiger partial charge in [0.25, 0.3) is 25.8 Å². The van der Waals surface area contributed by atoms with Gasteiger partial charge in [-0.25, -0.2) is 30.9 Å². The van der Waals surface area contributed by atoms with Crippen molar-refractivity contribution in [3.8, 4) is 10.4 Å². The van der Waals surface area contributed by atoms with E-state index in [0.717, 1.165) is 88.5 Å². The summed E-state index contributed by atoms with van der Waals surface area (Å²) in [5.74, 6) is -2.01. The lowest BCUT2D eigenvalue weighted by Crippen LogP contribution is -2.50. The number of piperazine rings is 2. The van der Waals surface area contributed by atoms with Crippen LogP contribution in [0.2, 0.25) is 5.02 Å². The molecule has 6 aromatic rings. The van der Waals surface area contributed by atoms with Crippen LogP contribution in [0.3, 0.4) is 0 Å². The first-order valence-electron chi connectivity index (χ1n) is 35.7. The van der Waals surface area contributed by atoms with E-state index in [1.54, 1.807) is 40.5 Å². The number of carbonyl (C=O) groups excluding carboxylic acids is 4. The van der Waals surface area contributed by atoms with Crippen LogP contribution in [0.15, 0.2) is 141 Å². The van der Waals surface area contributed by atoms with E-state index in [1.807, 2.05) is 104 Å². The highest BCUT2D eigenvalue weighted by Gasteiger charge is 2.49. The fourth-order valence-corrected chi connectivity index (χ4v) is 18.4. The van der Waals surface area contributed by atoms with Gasteiger partial charge in [-0.3, -0.25) is 29.0 Å². The predicted octanol–water partition coefficient (Wildman–Crippen LogP) is 14.1. The monoisotopic (exact) mass is 1530 g/mol. The fraction of sp³-hybridized carbons (Fsp3) is 0.494. The molecule has 0 radical (unpaired) electrons. The van der Waals surface area contributed by atoms with Crippen LogP contribution in [0.1, 0.15) is 145 Å². The Labute approximate surface area is 622 Å². The number of likely N-dealkylation sites (tertiary alicyclic amines) is 1. The Morgan fingerprint density at radius 3 is 2.15 bits per heavy atom. The lowest BCUT2D eigenvalue weighted by Gasteiger charge is -2.39. The standard InChI is InChI=1S/C77H96ClF4N9O9S4/c1-51(53-19-21-54(22-20-53)71-52(2)83-50-102-71)84-73(95)68-44-60(92)48-91(68)74(96)65(75(3,4)5)17-13-8-9-14-18-70(93)90-41-35-87(36-42-90)34-32-58(49-101-61-15-11-10-12-16-61)85-67-30-28-62(45-69(67)103(97,98)77(80,81)82)104(99,100)86-72(94)55-23-26-59(27-24-55)89-39-37-88(38-40-89)47-56-46-76(6,7)33-31-63(56)64-29-25-57(78)43-66(64)79/h10-12,15-16,19-30,43,45,50-51,58,60,65,68,85,92H,8-9,13-14,17-18,31-42,44,46-49H2,1-7H3,(H,84,95)(H,86,94)/t51-,58+,60+,65+,68-/m0/s1. The third kappa shape index (κ3) is 20.4. The highest BCUT2D eigenvalue weighted by atomic mass is 35.5. The molecule has 0 saturated carbocycles. The Hall–Kier alpha value is -6.91. The van der Waals surface area contributed by atoms with Crippen molar-refractivity contribution < 1.29 is 58.7 Å². The molecule has 3 aliphatic heterocycles. The molecule has 4 aliphatic rings. The topological polar surface area (TPSA) is 222 Å². The van der Waals surface area contributed by atoms with Crippen LogP contribution in [0, 0.1) is 29.5 Å². The average Bonchev–Trinajstić information content (AvgIpc) is 0.878. The van der Waals surface area contributed by atoms with Crippen molar-refractivity contribution in [1.82, 2.24) is 34.6 Å². The summed E-state index contributed by atoms with van der Waals surface area (Å²) in [7, 11) is -11.1. The molecule has 0 spiro atoms. The van der Waals surface area contributed by atoms with E-state index >= 15 is 4.39 Å². The number of halogens is 5. The van der Waals surface area contributed by atoms with Crippen LogP contribution >= 0.6 is 34.7 Å². The number of anilines is 2. The van der Waals surface area contributed by atoms with E-state index in [4.69, 9.17) is 11.6 Å². The number of thiazole rings is 1. The number of unbranched alkanes of at least 4 members (excludes halogenated alkanes) is 3. The molecule has 3 fully saturated rings. The molecule has 4 amide bonds. The SMILES string of the molecule is Cc1ncsc1-c1ccc([C@H](C)NC(=O)[C@@H]2C[C@@H](O)CN2C(=O)[C@@H](CCCCCCC(=O)N2CCN(CC[C@H](CSc3ccccc3)Nc3ccc(S(=O)(=O)NC(=O)c4ccc(N5CCN(CC6=C(c7ccc(Cl)cc7F)CCC(C)(C)C6)CC5)cc4)cc3S(=O)(=O)C(F)(F)F)CC2)C(C)(C)C)cc1. The number of carbonyl (C=O) groups is 4. The summed E-state index contributed by atoms with van der Waals surface area (Å²) in [6.07, 6.45) is 6.00. The maximum atomic E-state index is 15.2. The molecule has 1 aromatic heterocycles. The number of benzene rings is 5. The van der Waals surface area contributed by atoms with Crippen molar-refractivity contribution in [2.45, 2.75) is 164 Å². The summed E-state index contributed by atoms with van der Waals surface area (Å²) in [6.45, 7) is 20.1. The Morgan fingerprint density at radius 1 is 0.817 bits per heavy atom. The number of aryl methyl sites for hydroxylation is 1. The van der Waals surface area contributed by atoms with E-state index in [0.29, 0.717) is 108 Å². The van der Waals surface area contributed by atoms with Crippen molar-refractivity contribution in [2.75, 3.05) is 88.0 Å². The number of allylic oxidation sites excluding steroid dienone is 1. The number of amides is 4. The van der Waals surface area contributed by atoms with Crippen molar-refractivity contribution >= 4 is 95.1 Å². The van der Waals surface area contributed by atoms with E-state index in [-0.39, 0.29) is 59.3 Å². The molecular formula is C77H96ClF4N9O9S4. The van der Waals surface area contributed by atoms with E-state index < -0.39 is 76.3 Å². The van der Waals surface area contributed by atoms with Gasteiger partial charge in [0.05, 0.1) is 38.8 Å². The summed E-state index contributed by atoms with van der Waals surface area (Å²) in [5, 5.41) is 17.3. The number of alkyl halides is 3. The van der Waals surface area contributed by atoms with Crippen LogP contribution in [0.4, 0.5) is 28.9 Å². The van der Waals surface area contributed by atoms with Crippen LogP contribution < -0.4 is 20.3 Å². The summed E-state index contributed by atoms with van der Waals surface area (Å²) in [4.78, 5) is 69.5. The molecule has 4 heterocycles. The minimum Gasteiger partial charge on any atom is -0.391 e. The third-order valence-corrected chi connectivity index (χ3v) is 25.7. The van der Waals surface area contributed by atoms with Gasteiger partial charge in [-0.2, -0.15) is 13.2 Å². The summed E-state index contributed by atoms with van der Waals surface area (Å²) in [6, 6.07) is 28.8. The molecule has 562 valence electrons. The summed E-state index contributed by atoms with van der Waals surface area (Å²) in [5.41, 5.74) is 1.57. The Kier molecular flexibility index (Phi) is 26.3. The molecule has 4 N–H and O–H groups in total. The number of nitrogens with one attached hydrogen (secondary N) is 3. The molecule has 1 aliphatic carbocycles. The van der Waals surface area contributed by atoms with E-state index in [2.05, 4.69) is 44.2 Å². The van der Waals surface area contributed by atoms with Crippen molar-refractivity contribution in [3.05, 3.63) is 160 Å². The number of aliphatic hydroxyl groups excluding tert-OH is 1. The average molecular weight is 1530 g/mol. The molecule has 10 rings (SSSR count). The van der Waals surface area contributed by atoms with Gasteiger partial charge in [-0.05, 0) is 147 Å². The zero-order valence-corrected chi connectivity index (χ0v) is 64.1. The van der Waals surface area contributed by atoms with E-state index in [9.17, 15) is 54.3 Å². The Bertz CT molecular complexity index is 4260. The Morgan fingerprint density at radius 2 is 1.50 bits per heavy atom. The Balaban J connectivity index is 0.696. The van der Waals surface area contributed by atoms with Gasteiger partial charge in [0.2, 0.25) is 17.7 Å². The minimum absolute atomic E-state index is 0.0131. The molecule has 0 unspecified atom stereocenters. The van der Waals surface area contributed by atoms with Gasteiger partial charge in [0.1, 0.15) is 16.8 Å². The van der Waals surface area contributed by atoms with Crippen molar-refractivity contribution in [3.63, 3.8) is 0 Å². The molecule has 0 bridgehead atoms. The second-order valence-corrected chi connectivity index (χ2v) is 35.7. The molecular weight excluding hydrogens is 1430 g/mol. The second kappa shape index (κ2) is 34.3. The smallest absolute Gasteiger partial charge is 0.391 e. The molecule has 104 heavy (non-hydrogen) atoms. The molecule has 18 nitrogen and oxygen atoms in total. The zero-order chi connectivity index (χ0) is 74.9. The lowest BCUT2D eigenvalue weighted by molar-refractivity contribution is -0.145. The third-order valence-electron chi connectivity index (χ3n) is 20.5. The van der Waals surface area contributed by atoms with Gasteiger partial charge in [0.15, 0.2) is 0 Å². The number of nitrogens with zero attached hydrogens (tertiary/aromatic N) is 6. The fourth-order valence-electron chi connectivity index (χ4n) is 14.4. The first kappa shape index (κ1) is 79.6. The van der Waals surface area contributed by atoms with Gasteiger partial charge in [0, 0.05) is 129 Å². The molecule has 27 heteroatoms. The maximum Gasteiger partial charge on any atom is 0.501 e. The number of hydrogen-bond donors (Lipinski definition) is 4. The quantitative estimate of drug-likeness (QED) is 0.0204. The van der Waals surface area contributed by atoms with Crippen LogP contribution in [-0.2, 0) is 34.2 Å². The number of thioether (sulfide) groups is 1. The highest BCUT2D eigenvalue weighted by molar-refractivity contribution is 7.99.